The Morgan fingerprint density at radius 3 is 1.45 bits per heavy atom. The molecule has 180 valence electrons. The number of Topliss-reactive ketones (excluding diaryl/α,β-unsaturated/α-hetero) is 3. The maximum absolute atomic E-state index is 12.5. The molecule has 0 N–H and O–H groups in total. The van der Waals surface area contributed by atoms with Crippen LogP contribution in [0.25, 0.3) is 0 Å². The lowest BCUT2D eigenvalue weighted by molar-refractivity contribution is -0.142. The summed E-state index contributed by atoms with van der Waals surface area (Å²) in [5.41, 5.74) is 0. The van der Waals surface area contributed by atoms with Crippen LogP contribution >= 0.6 is 0 Å². The summed E-state index contributed by atoms with van der Waals surface area (Å²) in [6.45, 7) is 11.5. The molecule has 0 aliphatic rings. The minimum Gasteiger partial charge on any atom is -0.379 e. The Morgan fingerprint density at radius 1 is 0.645 bits per heavy atom. The van der Waals surface area contributed by atoms with Gasteiger partial charge in [-0.05, 0) is 0 Å². The summed E-state index contributed by atoms with van der Waals surface area (Å²) in [7, 11) is 1.62. The van der Waals surface area contributed by atoms with E-state index in [0.717, 1.165) is 0 Å². The van der Waals surface area contributed by atoms with Crippen LogP contribution in [0.1, 0.15) is 54.4 Å². The number of carbonyl (C=O) groups excluding carboxylic acids is 4. The zero-order valence-corrected chi connectivity index (χ0v) is 20.3. The molecular weight excluding hydrogens is 402 g/mol. The Hall–Kier alpha value is -1.64. The number of hydrogen-bond donors (Lipinski definition) is 0. The summed E-state index contributed by atoms with van der Waals surface area (Å²) in [6, 6.07) is -0.403. The van der Waals surface area contributed by atoms with Crippen LogP contribution in [0.3, 0.4) is 0 Å². The number of rotatable bonds is 18. The molecular formula is C23H41NO7. The third kappa shape index (κ3) is 13.4. The average Bonchev–Trinajstić information content (AvgIpc) is 2.70. The van der Waals surface area contributed by atoms with Crippen molar-refractivity contribution in [2.75, 3.05) is 46.7 Å². The van der Waals surface area contributed by atoms with Gasteiger partial charge < -0.3 is 19.1 Å². The van der Waals surface area contributed by atoms with Crippen LogP contribution in [0.5, 0.6) is 0 Å². The van der Waals surface area contributed by atoms with E-state index in [9.17, 15) is 19.2 Å². The van der Waals surface area contributed by atoms with Crippen LogP contribution < -0.4 is 0 Å². The Bertz CT molecular complexity index is 544. The van der Waals surface area contributed by atoms with E-state index in [4.69, 9.17) is 14.2 Å². The lowest BCUT2D eigenvalue weighted by atomic mass is 10.1. The largest absolute Gasteiger partial charge is 0.379 e. The van der Waals surface area contributed by atoms with Crippen molar-refractivity contribution in [3.05, 3.63) is 0 Å². The number of amides is 1. The predicted molar refractivity (Wildman–Crippen MR) is 118 cm³/mol. The second-order valence-corrected chi connectivity index (χ2v) is 8.66. The van der Waals surface area contributed by atoms with E-state index in [2.05, 4.69) is 0 Å². The first-order valence-corrected chi connectivity index (χ1v) is 11.0. The number of carbonyl (C=O) groups is 4. The summed E-state index contributed by atoms with van der Waals surface area (Å²) in [5, 5.41) is 0. The molecule has 8 nitrogen and oxygen atoms in total. The van der Waals surface area contributed by atoms with Gasteiger partial charge in [-0.3, -0.25) is 19.2 Å². The topological polar surface area (TPSA) is 99.2 Å². The highest BCUT2D eigenvalue weighted by molar-refractivity contribution is 5.82. The Labute approximate surface area is 187 Å². The van der Waals surface area contributed by atoms with Crippen molar-refractivity contribution in [3.8, 4) is 0 Å². The molecule has 1 amide bonds. The van der Waals surface area contributed by atoms with Gasteiger partial charge in [-0.15, -0.1) is 0 Å². The number of likely N-dealkylation sites (N-methyl/N-ethyl adjacent to an activating group) is 1. The lowest BCUT2D eigenvalue weighted by Gasteiger charge is -2.28. The fraction of sp³-hybridized carbons (Fsp3) is 0.826. The van der Waals surface area contributed by atoms with Gasteiger partial charge >= 0.3 is 0 Å². The molecule has 0 spiro atoms. The van der Waals surface area contributed by atoms with E-state index < -0.39 is 6.04 Å². The van der Waals surface area contributed by atoms with E-state index >= 15 is 0 Å². The van der Waals surface area contributed by atoms with Gasteiger partial charge in [0.2, 0.25) is 5.91 Å². The molecule has 0 saturated carbocycles. The Morgan fingerprint density at radius 2 is 1.06 bits per heavy atom. The van der Waals surface area contributed by atoms with Crippen LogP contribution in [-0.2, 0) is 33.4 Å². The van der Waals surface area contributed by atoms with Crippen molar-refractivity contribution in [3.63, 3.8) is 0 Å². The van der Waals surface area contributed by atoms with Crippen LogP contribution in [-0.4, -0.2) is 80.9 Å². The maximum atomic E-state index is 12.5. The zero-order chi connectivity index (χ0) is 24.0. The highest BCUT2D eigenvalue weighted by Crippen LogP contribution is 2.05. The Kier molecular flexibility index (Phi) is 15.2. The maximum Gasteiger partial charge on any atom is 0.248 e. The fourth-order valence-corrected chi connectivity index (χ4v) is 2.34. The standard InChI is InChI=1S/C23H41NO7/c1-16(2)20(25)8-10-29-12-19(13-30-11-9-21(26)17(3)4)24(7)23(28)15-31-14-22(27)18(5)6/h16-19H,8-15H2,1-7H3. The summed E-state index contributed by atoms with van der Waals surface area (Å²) in [4.78, 5) is 49.0. The molecule has 0 rings (SSSR count). The summed E-state index contributed by atoms with van der Waals surface area (Å²) in [5.74, 6) is -0.370. The number of nitrogens with zero attached hydrogens (tertiary/aromatic N) is 1. The van der Waals surface area contributed by atoms with Gasteiger partial charge in [-0.25, -0.2) is 0 Å². The summed E-state index contributed by atoms with van der Waals surface area (Å²) < 4.78 is 16.5. The molecule has 0 radical (unpaired) electrons. The van der Waals surface area contributed by atoms with Gasteiger partial charge in [-0.2, -0.15) is 0 Å². The minimum absolute atomic E-state index is 0.0452. The van der Waals surface area contributed by atoms with Gasteiger partial charge in [0.1, 0.15) is 24.8 Å². The smallest absolute Gasteiger partial charge is 0.248 e. The molecule has 0 aromatic carbocycles. The van der Waals surface area contributed by atoms with Crippen molar-refractivity contribution in [2.45, 2.75) is 60.4 Å². The average molecular weight is 444 g/mol. The van der Waals surface area contributed by atoms with Crippen LogP contribution in [0.2, 0.25) is 0 Å². The fourth-order valence-electron chi connectivity index (χ4n) is 2.34. The predicted octanol–water partition coefficient (Wildman–Crippen LogP) is 2.32. The van der Waals surface area contributed by atoms with Crippen molar-refractivity contribution in [2.24, 2.45) is 17.8 Å². The highest BCUT2D eigenvalue weighted by Gasteiger charge is 2.22. The molecule has 0 heterocycles. The molecule has 0 bridgehead atoms. The van der Waals surface area contributed by atoms with Crippen molar-refractivity contribution >= 4 is 23.3 Å². The first-order chi connectivity index (χ1) is 14.5. The van der Waals surface area contributed by atoms with Gasteiger partial charge in [-0.1, -0.05) is 41.5 Å². The molecule has 0 atom stereocenters. The number of ketones is 3. The van der Waals surface area contributed by atoms with Gasteiger partial charge in [0.05, 0.1) is 32.5 Å². The number of ether oxygens (including phenoxy) is 3. The normalized spacial score (nSPS) is 11.6. The lowest BCUT2D eigenvalue weighted by Crippen LogP contribution is -2.45. The quantitative estimate of drug-likeness (QED) is 0.300. The molecule has 0 aromatic rings. The van der Waals surface area contributed by atoms with Crippen molar-refractivity contribution < 1.29 is 33.4 Å². The second kappa shape index (κ2) is 16.1. The van der Waals surface area contributed by atoms with Crippen LogP contribution in [0.15, 0.2) is 0 Å². The van der Waals surface area contributed by atoms with Crippen LogP contribution in [0.4, 0.5) is 0 Å². The molecule has 0 saturated heterocycles. The molecule has 0 fully saturated rings. The van der Waals surface area contributed by atoms with E-state index in [0.29, 0.717) is 12.8 Å². The van der Waals surface area contributed by atoms with E-state index in [1.54, 1.807) is 20.9 Å². The van der Waals surface area contributed by atoms with Crippen molar-refractivity contribution in [1.82, 2.24) is 4.90 Å². The third-order valence-electron chi connectivity index (χ3n) is 4.95. The van der Waals surface area contributed by atoms with Gasteiger partial charge in [0, 0.05) is 37.6 Å². The minimum atomic E-state index is -0.403. The van der Waals surface area contributed by atoms with E-state index in [1.165, 1.54) is 4.90 Å². The van der Waals surface area contributed by atoms with Gasteiger partial charge in [0.15, 0.2) is 5.78 Å². The first kappa shape index (κ1) is 29.4. The third-order valence-corrected chi connectivity index (χ3v) is 4.95. The van der Waals surface area contributed by atoms with E-state index in [-0.39, 0.29) is 80.7 Å². The second-order valence-electron chi connectivity index (χ2n) is 8.66. The van der Waals surface area contributed by atoms with Gasteiger partial charge in [0.25, 0.3) is 0 Å². The summed E-state index contributed by atoms with van der Waals surface area (Å²) >= 11 is 0. The number of hydrogen-bond acceptors (Lipinski definition) is 7. The molecule has 0 aliphatic carbocycles. The molecule has 31 heavy (non-hydrogen) atoms. The molecule has 0 aromatic heterocycles. The summed E-state index contributed by atoms with van der Waals surface area (Å²) in [6.07, 6.45) is 0.623. The zero-order valence-electron chi connectivity index (χ0n) is 20.3. The highest BCUT2D eigenvalue weighted by atomic mass is 16.5. The van der Waals surface area contributed by atoms with Crippen molar-refractivity contribution in [1.29, 1.82) is 0 Å². The first-order valence-electron chi connectivity index (χ1n) is 11.0. The monoisotopic (exact) mass is 443 g/mol. The van der Waals surface area contributed by atoms with E-state index in [1.807, 2.05) is 27.7 Å². The molecule has 0 aliphatic heterocycles. The SMILES string of the molecule is CC(C)C(=O)CCOCC(COCCC(=O)C(C)C)N(C)C(=O)COCC(=O)C(C)C. The van der Waals surface area contributed by atoms with Crippen LogP contribution in [0, 0.1) is 17.8 Å². The Balaban J connectivity index is 4.66. The molecule has 0 unspecified atom stereocenters. The molecule has 8 heteroatoms.